The van der Waals surface area contributed by atoms with Crippen LogP contribution in [0.5, 0.6) is 17.2 Å². The number of methoxy groups -OCH3 is 3. The smallest absolute Gasteiger partial charge is 0.203 e. The van der Waals surface area contributed by atoms with E-state index >= 15 is 0 Å². The summed E-state index contributed by atoms with van der Waals surface area (Å²) in [4.78, 5) is 6.65. The van der Waals surface area contributed by atoms with Crippen molar-refractivity contribution < 1.29 is 14.2 Å². The molecule has 0 amide bonds. The molecule has 5 nitrogen and oxygen atoms in total. The van der Waals surface area contributed by atoms with Crippen molar-refractivity contribution in [2.24, 2.45) is 0 Å². The summed E-state index contributed by atoms with van der Waals surface area (Å²) < 4.78 is 17.6. The molecule has 2 aromatic carbocycles. The molecule has 0 fully saturated rings. The third kappa shape index (κ3) is 3.09. The molecule has 4 rings (SSSR count). The molecule has 0 aliphatic carbocycles. The third-order valence-corrected chi connectivity index (χ3v) is 6.29. The zero-order valence-electron chi connectivity index (χ0n) is 15.1. The minimum atomic E-state index is 0.520. The number of nitrogen functional groups attached to an aromatic ring is 1. The Morgan fingerprint density at radius 3 is 2.22 bits per heavy atom. The fourth-order valence-corrected chi connectivity index (χ4v) is 4.97. The Hall–Kier alpha value is -2.77. The standard InChI is InChI=1S/C20H18N2O3S2/c1-23-13-8-12(9-14(24-2)18(13)25-3)19-17(22-20(21)27-19)16-10-11-6-4-5-7-15(11)26-16/h4-10H,1-3H3,(H2,21,22). The number of aromatic nitrogens is 1. The minimum absolute atomic E-state index is 0.520. The van der Waals surface area contributed by atoms with E-state index in [1.807, 2.05) is 24.3 Å². The maximum atomic E-state index is 6.07. The van der Waals surface area contributed by atoms with Gasteiger partial charge in [-0.1, -0.05) is 29.5 Å². The average molecular weight is 399 g/mol. The molecule has 0 atom stereocenters. The molecule has 2 aromatic heterocycles. The Bertz CT molecular complexity index is 1060. The van der Waals surface area contributed by atoms with Gasteiger partial charge in [-0.3, -0.25) is 0 Å². The van der Waals surface area contributed by atoms with Crippen molar-refractivity contribution in [3.05, 3.63) is 42.5 Å². The lowest BCUT2D eigenvalue weighted by Crippen LogP contribution is -1.95. The van der Waals surface area contributed by atoms with Gasteiger partial charge in [-0.25, -0.2) is 4.98 Å². The molecule has 0 bridgehead atoms. The van der Waals surface area contributed by atoms with Gasteiger partial charge >= 0.3 is 0 Å². The summed E-state index contributed by atoms with van der Waals surface area (Å²) in [6.07, 6.45) is 0. The molecule has 0 saturated carbocycles. The van der Waals surface area contributed by atoms with E-state index in [0.717, 1.165) is 21.0 Å². The number of anilines is 1. The fourth-order valence-electron chi connectivity index (χ4n) is 3.01. The Balaban J connectivity index is 1.91. The predicted molar refractivity (Wildman–Crippen MR) is 112 cm³/mol. The molecular formula is C20H18N2O3S2. The molecule has 0 radical (unpaired) electrons. The summed E-state index contributed by atoms with van der Waals surface area (Å²) in [5.41, 5.74) is 7.86. The summed E-state index contributed by atoms with van der Waals surface area (Å²) in [5, 5.41) is 1.71. The highest BCUT2D eigenvalue weighted by Gasteiger charge is 2.20. The summed E-state index contributed by atoms with van der Waals surface area (Å²) in [6.45, 7) is 0. The maximum absolute atomic E-state index is 6.07. The summed E-state index contributed by atoms with van der Waals surface area (Å²) in [7, 11) is 4.80. The van der Waals surface area contributed by atoms with Crippen LogP contribution < -0.4 is 19.9 Å². The zero-order chi connectivity index (χ0) is 19.0. The van der Waals surface area contributed by atoms with Crippen LogP contribution in [0.25, 0.3) is 31.1 Å². The van der Waals surface area contributed by atoms with Crippen LogP contribution in [0, 0.1) is 0 Å². The Morgan fingerprint density at radius 1 is 0.889 bits per heavy atom. The summed E-state index contributed by atoms with van der Waals surface area (Å²) in [6, 6.07) is 14.3. The lowest BCUT2D eigenvalue weighted by molar-refractivity contribution is 0.324. The molecule has 2 N–H and O–H groups in total. The van der Waals surface area contributed by atoms with Crippen LogP contribution in [-0.4, -0.2) is 26.3 Å². The van der Waals surface area contributed by atoms with Crippen molar-refractivity contribution in [3.8, 4) is 38.3 Å². The van der Waals surface area contributed by atoms with E-state index in [9.17, 15) is 0 Å². The van der Waals surface area contributed by atoms with E-state index in [1.165, 1.54) is 21.4 Å². The van der Waals surface area contributed by atoms with E-state index in [0.29, 0.717) is 22.4 Å². The van der Waals surface area contributed by atoms with Crippen LogP contribution in [0.15, 0.2) is 42.5 Å². The highest BCUT2D eigenvalue weighted by molar-refractivity contribution is 7.23. The monoisotopic (exact) mass is 398 g/mol. The van der Waals surface area contributed by atoms with Gasteiger partial charge in [0.25, 0.3) is 0 Å². The van der Waals surface area contributed by atoms with Crippen molar-refractivity contribution in [1.82, 2.24) is 4.98 Å². The third-order valence-electron chi connectivity index (χ3n) is 4.23. The quantitative estimate of drug-likeness (QED) is 0.494. The van der Waals surface area contributed by atoms with Crippen LogP contribution in [0.4, 0.5) is 5.13 Å². The number of benzene rings is 2. The van der Waals surface area contributed by atoms with Crippen molar-refractivity contribution >= 4 is 37.9 Å². The average Bonchev–Trinajstić information content (AvgIpc) is 3.29. The molecule has 0 saturated heterocycles. The van der Waals surface area contributed by atoms with Gasteiger partial charge in [0, 0.05) is 10.3 Å². The van der Waals surface area contributed by atoms with Gasteiger partial charge < -0.3 is 19.9 Å². The number of nitrogens with zero attached hydrogens (tertiary/aromatic N) is 1. The number of thiazole rings is 1. The predicted octanol–water partition coefficient (Wildman–Crippen LogP) is 5.30. The largest absolute Gasteiger partial charge is 0.493 e. The topological polar surface area (TPSA) is 66.6 Å². The van der Waals surface area contributed by atoms with Crippen LogP contribution in [0.3, 0.4) is 0 Å². The number of thiophene rings is 1. The van der Waals surface area contributed by atoms with Gasteiger partial charge in [0.2, 0.25) is 5.75 Å². The molecule has 27 heavy (non-hydrogen) atoms. The van der Waals surface area contributed by atoms with Gasteiger partial charge in [0.15, 0.2) is 16.6 Å². The van der Waals surface area contributed by atoms with Gasteiger partial charge in [0.05, 0.1) is 31.1 Å². The fraction of sp³-hybridized carbons (Fsp3) is 0.150. The number of rotatable bonds is 5. The van der Waals surface area contributed by atoms with Gasteiger partial charge in [0.1, 0.15) is 5.69 Å². The van der Waals surface area contributed by atoms with E-state index < -0.39 is 0 Å². The van der Waals surface area contributed by atoms with Crippen LogP contribution >= 0.6 is 22.7 Å². The normalized spacial score (nSPS) is 10.9. The number of nitrogens with two attached hydrogens (primary N) is 1. The van der Waals surface area contributed by atoms with E-state index in [2.05, 4.69) is 23.2 Å². The van der Waals surface area contributed by atoms with E-state index in [1.54, 1.807) is 32.7 Å². The zero-order valence-corrected chi connectivity index (χ0v) is 16.7. The molecule has 2 heterocycles. The first-order chi connectivity index (χ1) is 13.1. The van der Waals surface area contributed by atoms with E-state index in [4.69, 9.17) is 19.9 Å². The van der Waals surface area contributed by atoms with Crippen LogP contribution in [-0.2, 0) is 0 Å². The van der Waals surface area contributed by atoms with Gasteiger partial charge in [-0.05, 0) is 29.7 Å². The lowest BCUT2D eigenvalue weighted by Gasteiger charge is -2.14. The molecule has 0 spiro atoms. The van der Waals surface area contributed by atoms with Crippen molar-refractivity contribution in [2.45, 2.75) is 0 Å². The Morgan fingerprint density at radius 2 is 1.59 bits per heavy atom. The van der Waals surface area contributed by atoms with Gasteiger partial charge in [-0.2, -0.15) is 0 Å². The first kappa shape index (κ1) is 17.6. The minimum Gasteiger partial charge on any atom is -0.493 e. The first-order valence-corrected chi connectivity index (χ1v) is 9.83. The van der Waals surface area contributed by atoms with Crippen LogP contribution in [0.2, 0.25) is 0 Å². The SMILES string of the molecule is COc1cc(-c2sc(N)nc2-c2cc3ccccc3s2)cc(OC)c1OC. The lowest BCUT2D eigenvalue weighted by atomic mass is 10.1. The summed E-state index contributed by atoms with van der Waals surface area (Å²) >= 11 is 3.15. The number of hydrogen-bond acceptors (Lipinski definition) is 7. The molecule has 4 aromatic rings. The number of fused-ring (bicyclic) bond motifs is 1. The second kappa shape index (κ2) is 7.09. The van der Waals surface area contributed by atoms with Crippen LogP contribution in [0.1, 0.15) is 0 Å². The van der Waals surface area contributed by atoms with Crippen molar-refractivity contribution in [2.75, 3.05) is 27.1 Å². The molecule has 0 unspecified atom stereocenters. The Kier molecular flexibility index (Phi) is 4.63. The highest BCUT2D eigenvalue weighted by atomic mass is 32.1. The summed E-state index contributed by atoms with van der Waals surface area (Å²) in [5.74, 6) is 1.76. The second-order valence-corrected chi connectivity index (χ2v) is 7.91. The number of hydrogen-bond donors (Lipinski definition) is 1. The van der Waals surface area contributed by atoms with Crippen molar-refractivity contribution in [1.29, 1.82) is 0 Å². The van der Waals surface area contributed by atoms with Crippen molar-refractivity contribution in [3.63, 3.8) is 0 Å². The number of ether oxygens (including phenoxy) is 3. The molecule has 7 heteroatoms. The first-order valence-electron chi connectivity index (χ1n) is 8.20. The second-order valence-electron chi connectivity index (χ2n) is 5.79. The molecule has 138 valence electrons. The van der Waals surface area contributed by atoms with E-state index in [-0.39, 0.29) is 0 Å². The Labute approximate surface area is 165 Å². The van der Waals surface area contributed by atoms with Gasteiger partial charge in [-0.15, -0.1) is 11.3 Å². The molecule has 0 aliphatic rings. The molecule has 0 aliphatic heterocycles. The maximum Gasteiger partial charge on any atom is 0.203 e. The molecular weight excluding hydrogens is 380 g/mol. The highest BCUT2D eigenvalue weighted by Crippen LogP contribution is 2.47.